The Hall–Kier alpha value is -3.03. The molecule has 3 aromatic rings. The minimum atomic E-state index is -0.724. The van der Waals surface area contributed by atoms with Gasteiger partial charge in [-0.25, -0.2) is 8.78 Å². The molecule has 2 aliphatic heterocycles. The summed E-state index contributed by atoms with van der Waals surface area (Å²) in [6.07, 6.45) is 2.79. The predicted molar refractivity (Wildman–Crippen MR) is 120 cm³/mol. The molecule has 8 heteroatoms. The number of halogens is 3. The molecule has 5 nitrogen and oxygen atoms in total. The van der Waals surface area contributed by atoms with Gasteiger partial charge in [0.15, 0.2) is 0 Å². The first kappa shape index (κ1) is 20.8. The predicted octanol–water partition coefficient (Wildman–Crippen LogP) is 3.90. The third kappa shape index (κ3) is 2.99. The van der Waals surface area contributed by atoms with Gasteiger partial charge in [0, 0.05) is 56.1 Å². The first-order valence-electron chi connectivity index (χ1n) is 10.4. The number of anilines is 1. The molecule has 2 aliphatic rings. The third-order valence-electron chi connectivity index (χ3n) is 6.44. The summed E-state index contributed by atoms with van der Waals surface area (Å²) in [5.74, 6) is -1.89. The van der Waals surface area contributed by atoms with Gasteiger partial charge in [-0.05, 0) is 17.2 Å². The Balaban J connectivity index is 1.80. The van der Waals surface area contributed by atoms with Gasteiger partial charge in [0.2, 0.25) is 0 Å². The summed E-state index contributed by atoms with van der Waals surface area (Å²) in [5.41, 5.74) is 2.20. The van der Waals surface area contributed by atoms with Crippen LogP contribution >= 0.6 is 11.6 Å². The van der Waals surface area contributed by atoms with E-state index in [2.05, 4.69) is 20.5 Å². The standard InChI is InChI=1S/C24H21ClF2N4O/c1-28-23(32)16-11-30-12-18(27)20(16)21-15-10-24(14-5-3-2-4-6-14)13-29-7-8-31(24)19(15)9-17(26)22(21)25/h2-6,9,11-12,29H,7-8,10,13H2,1H3,(H,28,32)/t24-/m1/s1. The van der Waals surface area contributed by atoms with Crippen molar-refractivity contribution >= 4 is 23.2 Å². The normalized spacial score (nSPS) is 19.4. The number of hydrogen-bond acceptors (Lipinski definition) is 4. The number of fused-ring (bicyclic) bond motifs is 3. The highest BCUT2D eigenvalue weighted by Gasteiger charge is 2.48. The van der Waals surface area contributed by atoms with Crippen molar-refractivity contribution < 1.29 is 13.6 Å². The molecule has 2 aromatic carbocycles. The van der Waals surface area contributed by atoms with Gasteiger partial charge in [0.25, 0.3) is 5.91 Å². The Kier molecular flexibility index (Phi) is 5.10. The highest BCUT2D eigenvalue weighted by Crippen LogP contribution is 2.52. The maximum Gasteiger partial charge on any atom is 0.253 e. The minimum absolute atomic E-state index is 0.0129. The first-order chi connectivity index (χ1) is 15.5. The number of amides is 1. The van der Waals surface area contributed by atoms with Crippen LogP contribution < -0.4 is 15.5 Å². The zero-order valence-corrected chi connectivity index (χ0v) is 18.1. The molecule has 0 spiro atoms. The molecule has 1 atom stereocenters. The number of nitrogens with one attached hydrogen (secondary N) is 2. The van der Waals surface area contributed by atoms with Crippen LogP contribution in [-0.4, -0.2) is 37.6 Å². The highest BCUT2D eigenvalue weighted by atomic mass is 35.5. The van der Waals surface area contributed by atoms with Crippen LogP contribution in [0.15, 0.2) is 48.8 Å². The number of rotatable bonds is 3. The fourth-order valence-corrected chi connectivity index (χ4v) is 5.30. The van der Waals surface area contributed by atoms with E-state index in [1.54, 1.807) is 0 Å². The van der Waals surface area contributed by atoms with E-state index in [9.17, 15) is 4.79 Å². The largest absolute Gasteiger partial charge is 0.359 e. The van der Waals surface area contributed by atoms with Crippen molar-refractivity contribution in [1.29, 1.82) is 0 Å². The Labute approximate surface area is 189 Å². The Bertz CT molecular complexity index is 1220. The second-order valence-corrected chi connectivity index (χ2v) is 8.45. The molecule has 3 heterocycles. The van der Waals surface area contributed by atoms with Crippen LogP contribution in [0.3, 0.4) is 0 Å². The van der Waals surface area contributed by atoms with Gasteiger partial charge in [-0.2, -0.15) is 0 Å². The lowest BCUT2D eigenvalue weighted by atomic mass is 9.83. The molecule has 0 bridgehead atoms. The van der Waals surface area contributed by atoms with Crippen LogP contribution in [0.4, 0.5) is 14.5 Å². The average molecular weight is 455 g/mol. The number of nitrogens with zero attached hydrogens (tertiary/aromatic N) is 2. The van der Waals surface area contributed by atoms with Gasteiger partial charge in [-0.3, -0.25) is 9.78 Å². The fraction of sp³-hybridized carbons (Fsp3) is 0.250. The zero-order chi connectivity index (χ0) is 22.5. The van der Waals surface area contributed by atoms with Crippen molar-refractivity contribution in [2.75, 3.05) is 31.6 Å². The van der Waals surface area contributed by atoms with E-state index < -0.39 is 23.1 Å². The van der Waals surface area contributed by atoms with E-state index in [0.29, 0.717) is 25.2 Å². The van der Waals surface area contributed by atoms with E-state index in [4.69, 9.17) is 11.6 Å². The molecule has 0 radical (unpaired) electrons. The summed E-state index contributed by atoms with van der Waals surface area (Å²) < 4.78 is 30.3. The smallest absolute Gasteiger partial charge is 0.253 e. The molecule has 164 valence electrons. The van der Waals surface area contributed by atoms with Crippen LogP contribution in [0.25, 0.3) is 11.1 Å². The fourth-order valence-electron chi connectivity index (χ4n) is 5.03. The summed E-state index contributed by atoms with van der Waals surface area (Å²) in [6, 6.07) is 11.4. The van der Waals surface area contributed by atoms with Crippen molar-refractivity contribution in [3.63, 3.8) is 0 Å². The van der Waals surface area contributed by atoms with E-state index in [1.807, 2.05) is 30.3 Å². The van der Waals surface area contributed by atoms with Crippen molar-refractivity contribution in [2.45, 2.75) is 12.0 Å². The Morgan fingerprint density at radius 1 is 1.19 bits per heavy atom. The van der Waals surface area contributed by atoms with Gasteiger partial charge in [-0.15, -0.1) is 0 Å². The molecule has 1 fully saturated rings. The van der Waals surface area contributed by atoms with Crippen molar-refractivity contribution in [3.05, 3.63) is 82.1 Å². The zero-order valence-electron chi connectivity index (χ0n) is 17.4. The molecule has 0 aliphatic carbocycles. The average Bonchev–Trinajstić information content (AvgIpc) is 3.15. The van der Waals surface area contributed by atoms with E-state index in [-0.39, 0.29) is 21.7 Å². The lowest BCUT2D eigenvalue weighted by Crippen LogP contribution is -2.57. The number of aromatic nitrogens is 1. The van der Waals surface area contributed by atoms with Crippen molar-refractivity contribution in [2.24, 2.45) is 0 Å². The Morgan fingerprint density at radius 2 is 1.97 bits per heavy atom. The molecule has 0 unspecified atom stereocenters. The van der Waals surface area contributed by atoms with Crippen molar-refractivity contribution in [3.8, 4) is 11.1 Å². The van der Waals surface area contributed by atoms with Gasteiger partial charge in [0.1, 0.15) is 11.6 Å². The monoisotopic (exact) mass is 454 g/mol. The number of hydrogen-bond donors (Lipinski definition) is 2. The van der Waals surface area contributed by atoms with Gasteiger partial charge in [0.05, 0.1) is 22.3 Å². The highest BCUT2D eigenvalue weighted by molar-refractivity contribution is 6.34. The minimum Gasteiger partial charge on any atom is -0.359 e. The van der Waals surface area contributed by atoms with Crippen LogP contribution in [0.2, 0.25) is 5.02 Å². The summed E-state index contributed by atoms with van der Waals surface area (Å²) in [5, 5.41) is 5.75. The van der Waals surface area contributed by atoms with Crippen LogP contribution in [0.1, 0.15) is 21.5 Å². The van der Waals surface area contributed by atoms with Crippen LogP contribution in [0.5, 0.6) is 0 Å². The number of benzene rings is 2. The molecular formula is C24H21ClF2N4O. The molecule has 5 rings (SSSR count). The molecule has 32 heavy (non-hydrogen) atoms. The lowest BCUT2D eigenvalue weighted by Gasteiger charge is -2.45. The molecule has 2 N–H and O–H groups in total. The van der Waals surface area contributed by atoms with E-state index >= 15 is 8.78 Å². The molecule has 1 amide bonds. The second kappa shape index (κ2) is 7.83. The summed E-state index contributed by atoms with van der Waals surface area (Å²) in [7, 11) is 1.45. The number of carbonyl (C=O) groups excluding carboxylic acids is 1. The van der Waals surface area contributed by atoms with E-state index in [1.165, 1.54) is 19.3 Å². The van der Waals surface area contributed by atoms with Gasteiger partial charge in [-0.1, -0.05) is 41.9 Å². The summed E-state index contributed by atoms with van der Waals surface area (Å²) in [6.45, 7) is 2.04. The molecular weight excluding hydrogens is 434 g/mol. The maximum atomic E-state index is 15.2. The number of piperazine rings is 1. The number of pyridine rings is 1. The summed E-state index contributed by atoms with van der Waals surface area (Å²) in [4.78, 5) is 18.5. The van der Waals surface area contributed by atoms with Crippen molar-refractivity contribution in [1.82, 2.24) is 15.6 Å². The second-order valence-electron chi connectivity index (χ2n) is 8.07. The first-order valence-corrected chi connectivity index (χ1v) is 10.8. The van der Waals surface area contributed by atoms with Crippen LogP contribution in [-0.2, 0) is 12.0 Å². The summed E-state index contributed by atoms with van der Waals surface area (Å²) >= 11 is 6.46. The topological polar surface area (TPSA) is 57.3 Å². The SMILES string of the molecule is CNC(=O)c1cncc(F)c1-c1c(Cl)c(F)cc2c1C[C@]1(c3ccccc3)CNCCN21. The third-order valence-corrected chi connectivity index (χ3v) is 6.81. The molecule has 1 saturated heterocycles. The maximum absolute atomic E-state index is 15.2. The lowest BCUT2D eigenvalue weighted by molar-refractivity contribution is 0.0963. The van der Waals surface area contributed by atoms with E-state index in [0.717, 1.165) is 23.9 Å². The quantitative estimate of drug-likeness (QED) is 0.630. The van der Waals surface area contributed by atoms with Crippen LogP contribution in [0, 0.1) is 11.6 Å². The Morgan fingerprint density at radius 3 is 2.72 bits per heavy atom. The van der Waals surface area contributed by atoms with Gasteiger partial charge >= 0.3 is 0 Å². The number of carbonyl (C=O) groups is 1. The molecule has 0 saturated carbocycles. The molecule has 1 aromatic heterocycles. The van der Waals surface area contributed by atoms with Gasteiger partial charge < -0.3 is 15.5 Å².